The lowest BCUT2D eigenvalue weighted by Crippen LogP contribution is -2.42. The number of thioether (sulfide) groups is 1. The number of hydrogen-bond donors (Lipinski definition) is 3. The van der Waals surface area contributed by atoms with Crippen molar-refractivity contribution in [3.8, 4) is 0 Å². The normalized spacial score (nSPS) is 10.9. The average Bonchev–Trinajstić information content (AvgIpc) is 2.47. The third-order valence-corrected chi connectivity index (χ3v) is 4.14. The fraction of sp³-hybridized carbons (Fsp3) is 0.438. The summed E-state index contributed by atoms with van der Waals surface area (Å²) in [6.07, 6.45) is 0.820. The van der Waals surface area contributed by atoms with Crippen molar-refractivity contribution in [2.24, 2.45) is 0 Å². The van der Waals surface area contributed by atoms with Gasteiger partial charge in [-0.15, -0.1) is 11.8 Å². The van der Waals surface area contributed by atoms with Gasteiger partial charge in [0.1, 0.15) is 0 Å². The Kier molecular flexibility index (Phi) is 7.09. The van der Waals surface area contributed by atoms with Crippen LogP contribution in [0.15, 0.2) is 24.3 Å². The Morgan fingerprint density at radius 2 is 1.74 bits per heavy atom. The van der Waals surface area contributed by atoms with Crippen LogP contribution in [-0.4, -0.2) is 39.9 Å². The van der Waals surface area contributed by atoms with Crippen molar-refractivity contribution in [2.75, 3.05) is 16.8 Å². The molecule has 0 unspecified atom stereocenters. The van der Waals surface area contributed by atoms with Crippen LogP contribution in [0.1, 0.15) is 37.6 Å². The van der Waals surface area contributed by atoms with E-state index in [9.17, 15) is 14.4 Å². The lowest BCUT2D eigenvalue weighted by atomic mass is 10.0. The van der Waals surface area contributed by atoms with Gasteiger partial charge in [0.05, 0.1) is 11.5 Å². The van der Waals surface area contributed by atoms with Gasteiger partial charge < -0.3 is 15.7 Å². The summed E-state index contributed by atoms with van der Waals surface area (Å²) in [6, 6.07) is 6.57. The molecule has 0 aliphatic heterocycles. The number of benzene rings is 1. The molecule has 1 aromatic carbocycles. The molecule has 2 amide bonds. The molecule has 0 bridgehead atoms. The highest BCUT2D eigenvalue weighted by molar-refractivity contribution is 8.00. The molecule has 6 nitrogen and oxygen atoms in total. The molecule has 0 saturated carbocycles. The average molecular weight is 338 g/mol. The van der Waals surface area contributed by atoms with Gasteiger partial charge in [0.15, 0.2) is 0 Å². The fourth-order valence-corrected chi connectivity index (χ4v) is 2.14. The Labute approximate surface area is 140 Å². The first kappa shape index (κ1) is 19.0. The highest BCUT2D eigenvalue weighted by atomic mass is 32.2. The van der Waals surface area contributed by atoms with Crippen LogP contribution in [0.25, 0.3) is 0 Å². The molecule has 0 heterocycles. The summed E-state index contributed by atoms with van der Waals surface area (Å²) in [7, 11) is 0. The van der Waals surface area contributed by atoms with Gasteiger partial charge >= 0.3 is 5.97 Å². The zero-order valence-corrected chi connectivity index (χ0v) is 14.3. The maximum absolute atomic E-state index is 12.1. The molecule has 0 atom stereocenters. The molecule has 0 radical (unpaired) electrons. The molecule has 0 aromatic heterocycles. The van der Waals surface area contributed by atoms with Crippen LogP contribution in [0.2, 0.25) is 0 Å². The molecule has 23 heavy (non-hydrogen) atoms. The van der Waals surface area contributed by atoms with Gasteiger partial charge in [-0.05, 0) is 44.5 Å². The number of nitrogens with one attached hydrogen (secondary N) is 2. The Balaban J connectivity index is 2.54. The van der Waals surface area contributed by atoms with Crippen molar-refractivity contribution in [1.82, 2.24) is 5.32 Å². The summed E-state index contributed by atoms with van der Waals surface area (Å²) in [6.45, 7) is 5.91. The number of carbonyl (C=O) groups excluding carboxylic acids is 2. The molecule has 1 aromatic rings. The topological polar surface area (TPSA) is 95.5 Å². The van der Waals surface area contributed by atoms with E-state index in [1.807, 2.05) is 20.8 Å². The number of amides is 2. The highest BCUT2D eigenvalue weighted by Gasteiger charge is 2.18. The first-order chi connectivity index (χ1) is 10.7. The van der Waals surface area contributed by atoms with Gasteiger partial charge in [-0.3, -0.25) is 14.4 Å². The number of aliphatic carboxylic acids is 1. The van der Waals surface area contributed by atoms with E-state index < -0.39 is 5.97 Å². The van der Waals surface area contributed by atoms with Gasteiger partial charge in [0, 0.05) is 16.8 Å². The minimum absolute atomic E-state index is 0.0687. The van der Waals surface area contributed by atoms with Crippen LogP contribution in [0.3, 0.4) is 0 Å². The molecule has 0 spiro atoms. The SMILES string of the molecule is CCC(C)(C)NC(=O)c1ccc(NC(=O)CSCC(=O)O)cc1. The Hall–Kier alpha value is -2.02. The number of anilines is 1. The minimum atomic E-state index is -0.951. The number of carbonyl (C=O) groups is 3. The molecule has 0 saturated heterocycles. The van der Waals surface area contributed by atoms with E-state index in [1.54, 1.807) is 24.3 Å². The second-order valence-corrected chi connectivity index (χ2v) is 6.69. The van der Waals surface area contributed by atoms with Crippen LogP contribution in [0.4, 0.5) is 5.69 Å². The zero-order valence-electron chi connectivity index (χ0n) is 13.5. The van der Waals surface area contributed by atoms with E-state index in [0.717, 1.165) is 18.2 Å². The highest BCUT2D eigenvalue weighted by Crippen LogP contribution is 2.13. The molecule has 0 fully saturated rings. The van der Waals surface area contributed by atoms with E-state index in [2.05, 4.69) is 10.6 Å². The monoisotopic (exact) mass is 338 g/mol. The summed E-state index contributed by atoms with van der Waals surface area (Å²) in [5, 5.41) is 14.1. The lowest BCUT2D eigenvalue weighted by Gasteiger charge is -2.24. The number of hydrogen-bond acceptors (Lipinski definition) is 4. The summed E-state index contributed by atoms with van der Waals surface area (Å²) in [5.41, 5.74) is 0.813. The van der Waals surface area contributed by atoms with E-state index in [1.165, 1.54) is 0 Å². The van der Waals surface area contributed by atoms with Crippen molar-refractivity contribution in [3.05, 3.63) is 29.8 Å². The van der Waals surface area contributed by atoms with Gasteiger partial charge in [-0.1, -0.05) is 6.92 Å². The maximum atomic E-state index is 12.1. The first-order valence-electron chi connectivity index (χ1n) is 7.25. The summed E-state index contributed by atoms with van der Waals surface area (Å²) >= 11 is 1.03. The summed E-state index contributed by atoms with van der Waals surface area (Å²) in [4.78, 5) is 34.1. The molecule has 7 heteroatoms. The number of carboxylic acid groups (broad SMARTS) is 1. The largest absolute Gasteiger partial charge is 0.481 e. The fourth-order valence-electron chi connectivity index (χ4n) is 1.60. The minimum Gasteiger partial charge on any atom is -0.481 e. The second kappa shape index (κ2) is 8.57. The maximum Gasteiger partial charge on any atom is 0.313 e. The van der Waals surface area contributed by atoms with Crippen molar-refractivity contribution in [3.63, 3.8) is 0 Å². The molecule has 3 N–H and O–H groups in total. The number of rotatable bonds is 8. The van der Waals surface area contributed by atoms with Crippen LogP contribution in [0, 0.1) is 0 Å². The molecule has 126 valence electrons. The third kappa shape index (κ3) is 7.19. The Morgan fingerprint density at radius 1 is 1.13 bits per heavy atom. The van der Waals surface area contributed by atoms with E-state index in [0.29, 0.717) is 11.3 Å². The summed E-state index contributed by atoms with van der Waals surface area (Å²) in [5.74, 6) is -1.43. The van der Waals surface area contributed by atoms with E-state index in [4.69, 9.17) is 5.11 Å². The quantitative estimate of drug-likeness (QED) is 0.676. The van der Waals surface area contributed by atoms with Crippen molar-refractivity contribution >= 4 is 35.2 Å². The Bertz CT molecular complexity index is 570. The van der Waals surface area contributed by atoms with Crippen molar-refractivity contribution < 1.29 is 19.5 Å². The molecule has 1 rings (SSSR count). The van der Waals surface area contributed by atoms with E-state index in [-0.39, 0.29) is 28.9 Å². The van der Waals surface area contributed by atoms with Gasteiger partial charge in [0.25, 0.3) is 5.91 Å². The first-order valence-corrected chi connectivity index (χ1v) is 8.41. The van der Waals surface area contributed by atoms with Gasteiger partial charge in [0.2, 0.25) is 5.91 Å². The number of carboxylic acids is 1. The van der Waals surface area contributed by atoms with Crippen LogP contribution in [0.5, 0.6) is 0 Å². The van der Waals surface area contributed by atoms with Crippen LogP contribution < -0.4 is 10.6 Å². The van der Waals surface area contributed by atoms with Crippen LogP contribution >= 0.6 is 11.8 Å². The standard InChI is InChI=1S/C16H22N2O4S/c1-4-16(2,3)18-15(22)11-5-7-12(8-6-11)17-13(19)9-23-10-14(20)21/h5-8H,4,9-10H2,1-3H3,(H,17,19)(H,18,22)(H,20,21). The van der Waals surface area contributed by atoms with Gasteiger partial charge in [-0.2, -0.15) is 0 Å². The van der Waals surface area contributed by atoms with Gasteiger partial charge in [-0.25, -0.2) is 0 Å². The van der Waals surface area contributed by atoms with Crippen molar-refractivity contribution in [1.29, 1.82) is 0 Å². The second-order valence-electron chi connectivity index (χ2n) is 5.70. The zero-order chi connectivity index (χ0) is 17.5. The third-order valence-electron chi connectivity index (χ3n) is 3.23. The molecular formula is C16H22N2O4S. The van der Waals surface area contributed by atoms with Crippen LogP contribution in [-0.2, 0) is 9.59 Å². The molecular weight excluding hydrogens is 316 g/mol. The Morgan fingerprint density at radius 3 is 2.26 bits per heavy atom. The lowest BCUT2D eigenvalue weighted by molar-refractivity contribution is -0.133. The smallest absolute Gasteiger partial charge is 0.313 e. The molecule has 0 aliphatic carbocycles. The molecule has 0 aliphatic rings. The predicted octanol–water partition coefficient (Wildman–Crippen LogP) is 2.36. The van der Waals surface area contributed by atoms with Crippen molar-refractivity contribution in [2.45, 2.75) is 32.7 Å². The van der Waals surface area contributed by atoms with E-state index >= 15 is 0 Å². The summed E-state index contributed by atoms with van der Waals surface area (Å²) < 4.78 is 0. The predicted molar refractivity (Wildman–Crippen MR) is 91.9 cm³/mol.